The van der Waals surface area contributed by atoms with E-state index in [-0.39, 0.29) is 16.6 Å². The summed E-state index contributed by atoms with van der Waals surface area (Å²) < 4.78 is 5.73. The van der Waals surface area contributed by atoms with Gasteiger partial charge in [-0.15, -0.1) is 0 Å². The van der Waals surface area contributed by atoms with Crippen LogP contribution in [0.2, 0.25) is 10.0 Å². The third kappa shape index (κ3) is 4.40. The molecule has 0 saturated carbocycles. The van der Waals surface area contributed by atoms with E-state index in [1.54, 1.807) is 48.5 Å². The van der Waals surface area contributed by atoms with Crippen molar-refractivity contribution in [2.24, 2.45) is 4.99 Å². The monoisotopic (exact) mass is 459 g/mol. The lowest BCUT2D eigenvalue weighted by Crippen LogP contribution is -2.19. The van der Waals surface area contributed by atoms with Crippen molar-refractivity contribution >= 4 is 63.5 Å². The Hall–Kier alpha value is -3.07. The molecule has 0 bridgehead atoms. The molecule has 0 radical (unpaired) electrons. The Morgan fingerprint density at radius 1 is 1.10 bits per heavy atom. The average molecular weight is 460 g/mol. The second-order valence-corrected chi connectivity index (χ2v) is 7.96. The summed E-state index contributed by atoms with van der Waals surface area (Å²) in [6, 6.07) is 14.7. The van der Waals surface area contributed by atoms with Crippen LogP contribution in [0, 0.1) is 10.1 Å². The molecule has 0 unspecified atom stereocenters. The Kier molecular flexibility index (Phi) is 5.63. The number of hydrogen-bond acceptors (Lipinski definition) is 6. The van der Waals surface area contributed by atoms with Gasteiger partial charge < -0.3 is 9.73 Å². The summed E-state index contributed by atoms with van der Waals surface area (Å²) in [5.74, 6) is 0.542. The fourth-order valence-corrected chi connectivity index (χ4v) is 3.77. The fourth-order valence-electron chi connectivity index (χ4n) is 2.63. The normalized spacial score (nSPS) is 16.3. The standard InChI is InChI=1S/C20H11Cl2N3O4S/c21-12-2-4-13(5-3-12)23-20-24-19(26)18(30-20)10-14-6-8-17(29-14)11-1-7-15(22)16(9-11)25(27)28/h1-10H,(H,23,24,26)/b18-10+. The van der Waals surface area contributed by atoms with Crippen molar-refractivity contribution in [3.05, 3.63) is 85.4 Å². The Morgan fingerprint density at radius 3 is 2.60 bits per heavy atom. The van der Waals surface area contributed by atoms with Crippen molar-refractivity contribution in [1.29, 1.82) is 0 Å². The van der Waals surface area contributed by atoms with E-state index in [9.17, 15) is 14.9 Å². The molecule has 7 nitrogen and oxygen atoms in total. The maximum Gasteiger partial charge on any atom is 0.288 e. The molecule has 1 saturated heterocycles. The molecular formula is C20H11Cl2N3O4S. The molecule has 0 atom stereocenters. The molecule has 1 N–H and O–H groups in total. The van der Waals surface area contributed by atoms with E-state index < -0.39 is 4.92 Å². The number of hydrogen-bond donors (Lipinski definition) is 1. The van der Waals surface area contributed by atoms with Crippen LogP contribution >= 0.6 is 35.0 Å². The molecule has 1 amide bonds. The molecule has 1 aliphatic heterocycles. The van der Waals surface area contributed by atoms with Gasteiger partial charge in [-0.3, -0.25) is 14.9 Å². The van der Waals surface area contributed by atoms with Gasteiger partial charge in [0.2, 0.25) is 0 Å². The number of nitrogens with zero attached hydrogens (tertiary/aromatic N) is 2. The Morgan fingerprint density at radius 2 is 1.87 bits per heavy atom. The number of carbonyl (C=O) groups excluding carboxylic acids is 1. The minimum absolute atomic E-state index is 0.0455. The van der Waals surface area contributed by atoms with Crippen LogP contribution in [0.25, 0.3) is 17.4 Å². The second kappa shape index (κ2) is 8.35. The van der Waals surface area contributed by atoms with Crippen LogP contribution in [0.4, 0.5) is 11.4 Å². The average Bonchev–Trinajstić information content (AvgIpc) is 3.31. The number of amides is 1. The van der Waals surface area contributed by atoms with Crippen molar-refractivity contribution in [2.75, 3.05) is 0 Å². The molecule has 2 heterocycles. The van der Waals surface area contributed by atoms with Gasteiger partial charge in [-0.1, -0.05) is 23.2 Å². The van der Waals surface area contributed by atoms with Crippen LogP contribution in [0.15, 0.2) is 68.9 Å². The van der Waals surface area contributed by atoms with E-state index >= 15 is 0 Å². The smallest absolute Gasteiger partial charge is 0.288 e. The zero-order valence-corrected chi connectivity index (χ0v) is 17.3. The maximum absolute atomic E-state index is 12.2. The fraction of sp³-hybridized carbons (Fsp3) is 0. The molecule has 1 aromatic heterocycles. The summed E-state index contributed by atoms with van der Waals surface area (Å²) >= 11 is 12.9. The van der Waals surface area contributed by atoms with Gasteiger partial charge in [0.05, 0.1) is 15.5 Å². The Labute approximate surface area is 184 Å². The Balaban J connectivity index is 1.56. The predicted octanol–water partition coefficient (Wildman–Crippen LogP) is 6.05. The molecule has 0 aliphatic carbocycles. The first kappa shape index (κ1) is 20.2. The SMILES string of the molecule is O=C1NC(=Nc2ccc(Cl)cc2)S/C1=C/c1ccc(-c2ccc(Cl)c([N+](=O)[O-])c2)o1. The van der Waals surface area contributed by atoms with E-state index in [4.69, 9.17) is 27.6 Å². The van der Waals surface area contributed by atoms with Gasteiger partial charge in [0, 0.05) is 22.7 Å². The first-order chi connectivity index (χ1) is 14.4. The van der Waals surface area contributed by atoms with Gasteiger partial charge >= 0.3 is 0 Å². The highest BCUT2D eigenvalue weighted by atomic mass is 35.5. The van der Waals surface area contributed by atoms with Crippen LogP contribution in [0.3, 0.4) is 0 Å². The molecule has 10 heteroatoms. The predicted molar refractivity (Wildman–Crippen MR) is 118 cm³/mol. The van der Waals surface area contributed by atoms with Crippen molar-refractivity contribution in [2.45, 2.75) is 0 Å². The zero-order valence-electron chi connectivity index (χ0n) is 15.0. The van der Waals surface area contributed by atoms with Gasteiger partial charge in [0.25, 0.3) is 11.6 Å². The topological polar surface area (TPSA) is 97.7 Å². The van der Waals surface area contributed by atoms with Crippen LogP contribution in [0.1, 0.15) is 5.76 Å². The van der Waals surface area contributed by atoms with Gasteiger partial charge in [-0.05, 0) is 60.3 Å². The number of nitro groups is 1. The minimum Gasteiger partial charge on any atom is -0.457 e. The summed E-state index contributed by atoms with van der Waals surface area (Å²) in [4.78, 5) is 27.5. The Bertz CT molecular complexity index is 1220. The highest BCUT2D eigenvalue weighted by molar-refractivity contribution is 8.18. The maximum atomic E-state index is 12.2. The van der Waals surface area contributed by atoms with Gasteiger partial charge in [0.15, 0.2) is 5.17 Å². The summed E-state index contributed by atoms with van der Waals surface area (Å²) in [5, 5.41) is 14.8. The minimum atomic E-state index is -0.557. The van der Waals surface area contributed by atoms with Crippen LogP contribution in [-0.2, 0) is 4.79 Å². The van der Waals surface area contributed by atoms with Crippen molar-refractivity contribution < 1.29 is 14.1 Å². The quantitative estimate of drug-likeness (QED) is 0.290. The van der Waals surface area contributed by atoms with E-state index in [1.807, 2.05) is 0 Å². The molecule has 1 fully saturated rings. The number of halogens is 2. The molecule has 1 aliphatic rings. The van der Waals surface area contributed by atoms with Crippen molar-refractivity contribution in [1.82, 2.24) is 5.32 Å². The van der Waals surface area contributed by atoms with Gasteiger partial charge in [-0.2, -0.15) is 0 Å². The number of thioether (sulfide) groups is 1. The summed E-state index contributed by atoms with van der Waals surface area (Å²) in [6.07, 6.45) is 1.58. The summed E-state index contributed by atoms with van der Waals surface area (Å²) in [6.45, 7) is 0. The highest BCUT2D eigenvalue weighted by Crippen LogP contribution is 2.33. The van der Waals surface area contributed by atoms with Crippen molar-refractivity contribution in [3.63, 3.8) is 0 Å². The molecule has 150 valence electrons. The van der Waals surface area contributed by atoms with E-state index in [0.717, 1.165) is 0 Å². The van der Waals surface area contributed by atoms with E-state index in [2.05, 4.69) is 10.3 Å². The van der Waals surface area contributed by atoms with Gasteiger partial charge in [0.1, 0.15) is 16.5 Å². The lowest BCUT2D eigenvalue weighted by Gasteiger charge is -1.99. The number of aliphatic imine (C=N–C) groups is 1. The highest BCUT2D eigenvalue weighted by Gasteiger charge is 2.24. The molecule has 0 spiro atoms. The number of nitro benzene ring substituents is 1. The lowest BCUT2D eigenvalue weighted by atomic mass is 10.1. The molecule has 4 rings (SSSR count). The molecule has 2 aromatic carbocycles. The molecule has 30 heavy (non-hydrogen) atoms. The first-order valence-electron chi connectivity index (χ1n) is 8.48. The number of rotatable bonds is 4. The van der Waals surface area contributed by atoms with Crippen molar-refractivity contribution in [3.8, 4) is 11.3 Å². The second-order valence-electron chi connectivity index (χ2n) is 6.08. The number of amidine groups is 1. The number of benzene rings is 2. The zero-order chi connectivity index (χ0) is 21.3. The number of carbonyl (C=O) groups is 1. The number of furan rings is 1. The number of nitrogens with one attached hydrogen (secondary N) is 1. The summed E-state index contributed by atoms with van der Waals surface area (Å²) in [7, 11) is 0. The third-order valence-electron chi connectivity index (χ3n) is 4.04. The summed E-state index contributed by atoms with van der Waals surface area (Å²) in [5.41, 5.74) is 0.955. The molecule has 3 aromatic rings. The largest absolute Gasteiger partial charge is 0.457 e. The third-order valence-corrected chi connectivity index (χ3v) is 5.52. The van der Waals surface area contributed by atoms with Crippen LogP contribution in [-0.4, -0.2) is 16.0 Å². The lowest BCUT2D eigenvalue weighted by molar-refractivity contribution is -0.384. The van der Waals surface area contributed by atoms with E-state index in [0.29, 0.717) is 37.9 Å². The van der Waals surface area contributed by atoms with Crippen LogP contribution < -0.4 is 5.32 Å². The van der Waals surface area contributed by atoms with Gasteiger partial charge in [-0.25, -0.2) is 4.99 Å². The van der Waals surface area contributed by atoms with Crippen LogP contribution in [0.5, 0.6) is 0 Å². The van der Waals surface area contributed by atoms with E-state index in [1.165, 1.54) is 23.9 Å². The molecular weight excluding hydrogens is 449 g/mol. The first-order valence-corrected chi connectivity index (χ1v) is 10.1.